The quantitative estimate of drug-likeness (QED) is 0.700. The Bertz CT molecular complexity index is 713. The zero-order chi connectivity index (χ0) is 15.9. The van der Waals surface area contributed by atoms with E-state index < -0.39 is 0 Å². The number of aromatic nitrogens is 4. The number of hydrogen-bond acceptors (Lipinski definition) is 5. The second-order valence-electron chi connectivity index (χ2n) is 5.47. The predicted molar refractivity (Wildman–Crippen MR) is 89.5 cm³/mol. The van der Waals surface area contributed by atoms with Crippen molar-refractivity contribution in [2.24, 2.45) is 0 Å². The van der Waals surface area contributed by atoms with Crippen molar-refractivity contribution in [2.75, 3.05) is 13.6 Å². The second-order valence-corrected chi connectivity index (χ2v) is 5.47. The lowest BCUT2D eigenvalue weighted by Gasteiger charge is -2.16. The van der Waals surface area contributed by atoms with E-state index in [-0.39, 0.29) is 0 Å². The average molecular weight is 305 g/mol. The first-order valence-electron chi connectivity index (χ1n) is 7.61. The van der Waals surface area contributed by atoms with Crippen molar-refractivity contribution in [3.8, 4) is 11.5 Å². The van der Waals surface area contributed by atoms with E-state index in [0.717, 1.165) is 30.8 Å². The Hall–Kier alpha value is -2.66. The Morgan fingerprint density at radius 2 is 1.65 bits per heavy atom. The number of likely N-dealkylation sites (N-methyl/N-ethyl adjacent to an activating group) is 1. The van der Waals surface area contributed by atoms with Gasteiger partial charge in [-0.1, -0.05) is 6.07 Å². The summed E-state index contributed by atoms with van der Waals surface area (Å²) in [5.74, 6) is 0.661. The van der Waals surface area contributed by atoms with Crippen LogP contribution in [-0.4, -0.2) is 38.4 Å². The Morgan fingerprint density at radius 1 is 0.870 bits per heavy atom. The van der Waals surface area contributed by atoms with Crippen molar-refractivity contribution in [2.45, 2.75) is 13.0 Å². The fraction of sp³-hybridized carbons (Fsp3) is 0.222. The normalized spacial score (nSPS) is 10.9. The lowest BCUT2D eigenvalue weighted by Crippen LogP contribution is -2.21. The second kappa shape index (κ2) is 7.56. The fourth-order valence-electron chi connectivity index (χ4n) is 2.32. The first kappa shape index (κ1) is 15.2. The van der Waals surface area contributed by atoms with E-state index in [0.29, 0.717) is 5.82 Å². The van der Waals surface area contributed by atoms with Gasteiger partial charge in [-0.3, -0.25) is 9.97 Å². The Kier molecular flexibility index (Phi) is 5.01. The number of hydrogen-bond donors (Lipinski definition) is 0. The molecule has 0 bridgehead atoms. The van der Waals surface area contributed by atoms with Crippen LogP contribution in [0.3, 0.4) is 0 Å². The van der Waals surface area contributed by atoms with Crippen LogP contribution in [0, 0.1) is 0 Å². The van der Waals surface area contributed by atoms with Crippen LogP contribution in [0.1, 0.15) is 11.1 Å². The molecular formula is C18H19N5. The van der Waals surface area contributed by atoms with Crippen molar-refractivity contribution in [1.29, 1.82) is 0 Å². The molecule has 3 aromatic rings. The summed E-state index contributed by atoms with van der Waals surface area (Å²) in [6.45, 7) is 1.81. The molecule has 3 heterocycles. The van der Waals surface area contributed by atoms with E-state index >= 15 is 0 Å². The largest absolute Gasteiger partial charge is 0.302 e. The van der Waals surface area contributed by atoms with Crippen molar-refractivity contribution >= 4 is 0 Å². The number of rotatable bonds is 6. The summed E-state index contributed by atoms with van der Waals surface area (Å²) < 4.78 is 0. The highest BCUT2D eigenvalue weighted by Gasteiger charge is 2.05. The van der Waals surface area contributed by atoms with Crippen LogP contribution in [0.4, 0.5) is 0 Å². The van der Waals surface area contributed by atoms with E-state index in [1.165, 1.54) is 5.56 Å². The van der Waals surface area contributed by atoms with Crippen LogP contribution in [0.5, 0.6) is 0 Å². The van der Waals surface area contributed by atoms with E-state index in [4.69, 9.17) is 0 Å². The molecule has 0 saturated heterocycles. The molecule has 5 heteroatoms. The van der Waals surface area contributed by atoms with Gasteiger partial charge in [0.15, 0.2) is 5.82 Å². The van der Waals surface area contributed by atoms with Crippen LogP contribution in [0.2, 0.25) is 0 Å². The predicted octanol–water partition coefficient (Wildman–Crippen LogP) is 2.61. The van der Waals surface area contributed by atoms with Gasteiger partial charge in [0.1, 0.15) is 5.69 Å². The minimum atomic E-state index is 0.661. The van der Waals surface area contributed by atoms with E-state index in [1.54, 1.807) is 6.20 Å². The standard InChI is InChI=1S/C18H19N5/c1-23(11-7-15-5-9-19-10-6-15)14-16-12-21-18(22-13-16)17-4-2-3-8-20-17/h2-6,8-10,12-13H,7,11,14H2,1H3. The molecule has 0 radical (unpaired) electrons. The molecule has 0 amide bonds. The molecule has 0 spiro atoms. The van der Waals surface area contributed by atoms with Crippen LogP contribution < -0.4 is 0 Å². The molecule has 3 aromatic heterocycles. The van der Waals surface area contributed by atoms with Crippen LogP contribution in [0.15, 0.2) is 61.3 Å². The Morgan fingerprint density at radius 3 is 2.35 bits per heavy atom. The topological polar surface area (TPSA) is 54.8 Å². The molecule has 23 heavy (non-hydrogen) atoms. The maximum atomic E-state index is 4.41. The first-order valence-corrected chi connectivity index (χ1v) is 7.61. The van der Waals surface area contributed by atoms with Gasteiger partial charge >= 0.3 is 0 Å². The molecule has 116 valence electrons. The van der Waals surface area contributed by atoms with E-state index in [2.05, 4.69) is 44.0 Å². The highest BCUT2D eigenvalue weighted by Crippen LogP contribution is 2.11. The SMILES string of the molecule is CN(CCc1ccncc1)Cc1cnc(-c2ccccn2)nc1. The van der Waals surface area contributed by atoms with Crippen LogP contribution >= 0.6 is 0 Å². The van der Waals surface area contributed by atoms with Gasteiger partial charge in [0.25, 0.3) is 0 Å². The molecule has 0 atom stereocenters. The molecule has 0 fully saturated rings. The summed E-state index contributed by atoms with van der Waals surface area (Å²) in [6.07, 6.45) is 10.2. The third-order valence-corrected chi connectivity index (χ3v) is 3.58. The molecule has 0 aliphatic heterocycles. The molecule has 0 unspecified atom stereocenters. The van der Waals surface area contributed by atoms with E-state index in [1.807, 2.05) is 43.0 Å². The number of nitrogens with zero attached hydrogens (tertiary/aromatic N) is 5. The number of pyridine rings is 2. The third-order valence-electron chi connectivity index (χ3n) is 3.58. The molecule has 5 nitrogen and oxygen atoms in total. The highest BCUT2D eigenvalue weighted by atomic mass is 15.1. The molecule has 0 saturated carbocycles. The van der Waals surface area contributed by atoms with E-state index in [9.17, 15) is 0 Å². The van der Waals surface area contributed by atoms with Gasteiger partial charge in [-0.15, -0.1) is 0 Å². The molecule has 0 N–H and O–H groups in total. The van der Waals surface area contributed by atoms with Crippen molar-refractivity contribution in [1.82, 2.24) is 24.8 Å². The smallest absolute Gasteiger partial charge is 0.178 e. The Balaban J connectivity index is 1.55. The minimum Gasteiger partial charge on any atom is -0.302 e. The molecule has 0 aromatic carbocycles. The summed E-state index contributed by atoms with van der Waals surface area (Å²) in [5.41, 5.74) is 3.20. The zero-order valence-corrected chi connectivity index (χ0v) is 13.1. The maximum absolute atomic E-state index is 4.41. The molecule has 0 aliphatic rings. The fourth-order valence-corrected chi connectivity index (χ4v) is 2.32. The lowest BCUT2D eigenvalue weighted by atomic mass is 10.2. The zero-order valence-electron chi connectivity index (χ0n) is 13.1. The van der Waals surface area contributed by atoms with Crippen molar-refractivity contribution in [3.05, 3.63) is 72.4 Å². The van der Waals surface area contributed by atoms with Gasteiger partial charge in [0.05, 0.1) is 0 Å². The van der Waals surface area contributed by atoms with Gasteiger partial charge in [-0.05, 0) is 43.3 Å². The van der Waals surface area contributed by atoms with Crippen molar-refractivity contribution in [3.63, 3.8) is 0 Å². The van der Waals surface area contributed by atoms with Gasteiger partial charge in [0.2, 0.25) is 0 Å². The summed E-state index contributed by atoms with van der Waals surface area (Å²) >= 11 is 0. The summed E-state index contributed by atoms with van der Waals surface area (Å²) in [4.78, 5) is 19.4. The Labute approximate surface area is 136 Å². The van der Waals surface area contributed by atoms with Gasteiger partial charge < -0.3 is 4.90 Å². The first-order chi connectivity index (χ1) is 11.3. The minimum absolute atomic E-state index is 0.661. The van der Waals surface area contributed by atoms with Crippen molar-refractivity contribution < 1.29 is 0 Å². The lowest BCUT2D eigenvalue weighted by molar-refractivity contribution is 0.330. The van der Waals surface area contributed by atoms with Gasteiger partial charge in [0, 0.05) is 49.6 Å². The summed E-state index contributed by atoms with van der Waals surface area (Å²) in [5, 5.41) is 0. The van der Waals surface area contributed by atoms with Crippen LogP contribution in [0.25, 0.3) is 11.5 Å². The summed E-state index contributed by atoms with van der Waals surface area (Å²) in [6, 6.07) is 9.84. The summed E-state index contributed by atoms with van der Waals surface area (Å²) in [7, 11) is 2.11. The third kappa shape index (κ3) is 4.40. The molecule has 0 aliphatic carbocycles. The maximum Gasteiger partial charge on any atom is 0.178 e. The molecular weight excluding hydrogens is 286 g/mol. The van der Waals surface area contributed by atoms with Gasteiger partial charge in [-0.2, -0.15) is 0 Å². The van der Waals surface area contributed by atoms with Gasteiger partial charge in [-0.25, -0.2) is 9.97 Å². The highest BCUT2D eigenvalue weighted by molar-refractivity contribution is 5.47. The monoisotopic (exact) mass is 305 g/mol. The molecule has 3 rings (SSSR count). The average Bonchev–Trinajstić information content (AvgIpc) is 2.62. The van der Waals surface area contributed by atoms with Crippen LogP contribution in [-0.2, 0) is 13.0 Å².